The number of carbonyl (C=O) groups is 2. The maximum atomic E-state index is 13.6. The number of rotatable bonds is 8. The molecule has 33 heavy (non-hydrogen) atoms. The first-order chi connectivity index (χ1) is 16.1. The summed E-state index contributed by atoms with van der Waals surface area (Å²) >= 11 is 0. The minimum Gasteiger partial charge on any atom is -0.497 e. The van der Waals surface area contributed by atoms with Crippen molar-refractivity contribution in [3.05, 3.63) is 65.4 Å². The van der Waals surface area contributed by atoms with Crippen LogP contribution in [0.25, 0.3) is 5.57 Å². The van der Waals surface area contributed by atoms with Crippen LogP contribution in [0.1, 0.15) is 18.1 Å². The van der Waals surface area contributed by atoms with Gasteiger partial charge < -0.3 is 19.3 Å². The molecule has 0 saturated carbocycles. The number of ether oxygens (including phenoxy) is 2. The zero-order chi connectivity index (χ0) is 23.4. The predicted octanol–water partition coefficient (Wildman–Crippen LogP) is 2.66. The topological polar surface area (TPSA) is 62.3 Å². The fraction of sp³-hybridized carbons (Fsp3) is 0.385. The highest BCUT2D eigenvalue weighted by molar-refractivity contribution is 6.36. The maximum Gasteiger partial charge on any atom is 0.277 e. The summed E-state index contributed by atoms with van der Waals surface area (Å²) in [5.41, 5.74) is 2.64. The van der Waals surface area contributed by atoms with E-state index in [1.807, 2.05) is 48.5 Å². The average Bonchev–Trinajstić information content (AvgIpc) is 3.12. The number of imide groups is 1. The van der Waals surface area contributed by atoms with Crippen LogP contribution >= 0.6 is 0 Å². The molecule has 2 aliphatic heterocycles. The number of para-hydroxylation sites is 1. The molecule has 0 bridgehead atoms. The first-order valence-corrected chi connectivity index (χ1v) is 11.4. The summed E-state index contributed by atoms with van der Waals surface area (Å²) in [5.74, 6) is 0.890. The van der Waals surface area contributed by atoms with Gasteiger partial charge in [0.1, 0.15) is 17.2 Å². The third kappa shape index (κ3) is 4.59. The molecule has 1 fully saturated rings. The van der Waals surface area contributed by atoms with Crippen molar-refractivity contribution in [1.29, 1.82) is 0 Å². The Bertz CT molecular complexity index is 1040. The van der Waals surface area contributed by atoms with Gasteiger partial charge in [0.25, 0.3) is 11.8 Å². The predicted molar refractivity (Wildman–Crippen MR) is 127 cm³/mol. The van der Waals surface area contributed by atoms with E-state index in [4.69, 9.17) is 9.47 Å². The molecule has 2 heterocycles. The second kappa shape index (κ2) is 10.1. The number of hydrogen-bond acceptors (Lipinski definition) is 6. The van der Waals surface area contributed by atoms with Gasteiger partial charge in [0, 0.05) is 38.3 Å². The molecule has 0 spiro atoms. The zero-order valence-electron chi connectivity index (χ0n) is 19.5. The molecule has 2 amide bonds. The number of methoxy groups -OCH3 is 2. The lowest BCUT2D eigenvalue weighted by molar-refractivity contribution is -0.137. The summed E-state index contributed by atoms with van der Waals surface area (Å²) in [6.45, 7) is 6.61. The van der Waals surface area contributed by atoms with Crippen LogP contribution in [0.5, 0.6) is 11.5 Å². The van der Waals surface area contributed by atoms with Gasteiger partial charge in [-0.1, -0.05) is 37.3 Å². The Balaban J connectivity index is 1.63. The fourth-order valence-corrected chi connectivity index (χ4v) is 4.47. The number of amides is 2. The zero-order valence-corrected chi connectivity index (χ0v) is 19.5. The Morgan fingerprint density at radius 1 is 0.848 bits per heavy atom. The van der Waals surface area contributed by atoms with E-state index in [-0.39, 0.29) is 11.8 Å². The number of benzene rings is 2. The van der Waals surface area contributed by atoms with Crippen molar-refractivity contribution in [2.45, 2.75) is 13.3 Å². The van der Waals surface area contributed by atoms with Crippen LogP contribution in [0.4, 0.5) is 0 Å². The van der Waals surface area contributed by atoms with Crippen molar-refractivity contribution >= 4 is 17.4 Å². The van der Waals surface area contributed by atoms with Gasteiger partial charge in [-0.05, 0) is 36.7 Å². The third-order valence-electron chi connectivity index (χ3n) is 6.44. The summed E-state index contributed by atoms with van der Waals surface area (Å²) in [6, 6.07) is 15.1. The van der Waals surface area contributed by atoms with Gasteiger partial charge in [0.05, 0.1) is 19.8 Å². The lowest BCUT2D eigenvalue weighted by Crippen LogP contribution is -2.47. The van der Waals surface area contributed by atoms with Crippen molar-refractivity contribution < 1.29 is 19.1 Å². The van der Waals surface area contributed by atoms with E-state index in [1.165, 1.54) is 4.90 Å². The second-order valence-electron chi connectivity index (χ2n) is 8.21. The lowest BCUT2D eigenvalue weighted by Gasteiger charge is -2.36. The monoisotopic (exact) mass is 449 g/mol. The molecule has 1 saturated heterocycles. The summed E-state index contributed by atoms with van der Waals surface area (Å²) in [6.07, 6.45) is 0.581. The van der Waals surface area contributed by atoms with Crippen molar-refractivity contribution in [1.82, 2.24) is 14.7 Å². The highest BCUT2D eigenvalue weighted by Gasteiger charge is 2.42. The molecule has 7 nitrogen and oxygen atoms in total. The third-order valence-corrected chi connectivity index (χ3v) is 6.44. The van der Waals surface area contributed by atoms with Gasteiger partial charge in [-0.25, -0.2) is 0 Å². The van der Waals surface area contributed by atoms with Crippen molar-refractivity contribution in [3.63, 3.8) is 0 Å². The average molecular weight is 450 g/mol. The standard InChI is InChI=1S/C26H31N3O4/c1-4-27-15-17-28(18-16-27)24-23(21-7-5-6-8-22(21)33-3)25(30)29(26(24)31)14-13-19-9-11-20(32-2)12-10-19/h5-12H,4,13-18H2,1-3H3. The molecule has 2 aliphatic rings. The number of piperazine rings is 1. The van der Waals surface area contributed by atoms with Gasteiger partial charge >= 0.3 is 0 Å². The Morgan fingerprint density at radius 3 is 2.18 bits per heavy atom. The maximum absolute atomic E-state index is 13.6. The van der Waals surface area contributed by atoms with E-state index < -0.39 is 0 Å². The van der Waals surface area contributed by atoms with Crippen LogP contribution in [0.2, 0.25) is 0 Å². The lowest BCUT2D eigenvalue weighted by atomic mass is 10.0. The summed E-state index contributed by atoms with van der Waals surface area (Å²) < 4.78 is 10.8. The van der Waals surface area contributed by atoms with Gasteiger partial charge in [-0.3, -0.25) is 14.5 Å². The first kappa shape index (κ1) is 22.9. The smallest absolute Gasteiger partial charge is 0.277 e. The van der Waals surface area contributed by atoms with Crippen LogP contribution in [-0.2, 0) is 16.0 Å². The van der Waals surface area contributed by atoms with Crippen LogP contribution in [0.3, 0.4) is 0 Å². The molecule has 0 unspecified atom stereocenters. The number of likely N-dealkylation sites (N-methyl/N-ethyl adjacent to an activating group) is 1. The molecule has 0 N–H and O–H groups in total. The normalized spacial score (nSPS) is 17.2. The molecule has 0 aromatic heterocycles. The summed E-state index contributed by atoms with van der Waals surface area (Å²) in [4.78, 5) is 33.0. The Kier molecular flexibility index (Phi) is 6.99. The molecule has 0 aliphatic carbocycles. The van der Waals surface area contributed by atoms with Gasteiger partial charge in [0.2, 0.25) is 0 Å². The van der Waals surface area contributed by atoms with Crippen LogP contribution in [-0.4, -0.2) is 80.0 Å². The molecule has 4 rings (SSSR count). The van der Waals surface area contributed by atoms with E-state index in [1.54, 1.807) is 14.2 Å². The molecular formula is C26H31N3O4. The summed E-state index contributed by atoms with van der Waals surface area (Å²) in [5, 5.41) is 0. The van der Waals surface area contributed by atoms with Crippen LogP contribution in [0, 0.1) is 0 Å². The fourth-order valence-electron chi connectivity index (χ4n) is 4.47. The van der Waals surface area contributed by atoms with E-state index >= 15 is 0 Å². The number of hydrogen-bond donors (Lipinski definition) is 0. The quantitative estimate of drug-likeness (QED) is 0.578. The van der Waals surface area contributed by atoms with Crippen molar-refractivity contribution in [3.8, 4) is 11.5 Å². The highest BCUT2D eigenvalue weighted by Crippen LogP contribution is 2.36. The molecule has 174 valence electrons. The SMILES string of the molecule is CCN1CCN(C2=C(c3ccccc3OC)C(=O)N(CCc3ccc(OC)cc3)C2=O)CC1. The van der Waals surface area contributed by atoms with Gasteiger partial charge in [-0.15, -0.1) is 0 Å². The van der Waals surface area contributed by atoms with E-state index in [9.17, 15) is 9.59 Å². The molecular weight excluding hydrogens is 418 g/mol. The number of carbonyl (C=O) groups excluding carboxylic acids is 2. The van der Waals surface area contributed by atoms with E-state index in [0.29, 0.717) is 48.6 Å². The highest BCUT2D eigenvalue weighted by atomic mass is 16.5. The molecule has 0 radical (unpaired) electrons. The van der Waals surface area contributed by atoms with Crippen LogP contribution in [0.15, 0.2) is 54.2 Å². The molecule has 7 heteroatoms. The Labute approximate surface area is 195 Å². The first-order valence-electron chi connectivity index (χ1n) is 11.4. The molecule has 2 aromatic rings. The van der Waals surface area contributed by atoms with Crippen LogP contribution < -0.4 is 9.47 Å². The van der Waals surface area contributed by atoms with E-state index in [0.717, 1.165) is 30.9 Å². The second-order valence-corrected chi connectivity index (χ2v) is 8.21. The largest absolute Gasteiger partial charge is 0.497 e. The molecule has 2 aromatic carbocycles. The minimum absolute atomic E-state index is 0.223. The van der Waals surface area contributed by atoms with Crippen molar-refractivity contribution in [2.75, 3.05) is 53.5 Å². The Hall–Kier alpha value is -3.32. The summed E-state index contributed by atoms with van der Waals surface area (Å²) in [7, 11) is 3.21. The van der Waals surface area contributed by atoms with E-state index in [2.05, 4.69) is 16.7 Å². The molecule has 0 atom stereocenters. The van der Waals surface area contributed by atoms with Gasteiger partial charge in [0.15, 0.2) is 0 Å². The minimum atomic E-state index is -0.258. The Morgan fingerprint density at radius 2 is 1.55 bits per heavy atom. The van der Waals surface area contributed by atoms with Crippen molar-refractivity contribution in [2.24, 2.45) is 0 Å². The van der Waals surface area contributed by atoms with Gasteiger partial charge in [-0.2, -0.15) is 0 Å². The number of nitrogens with zero attached hydrogens (tertiary/aromatic N) is 3.